The van der Waals surface area contributed by atoms with Crippen LogP contribution in [-0.2, 0) is 0 Å². The highest BCUT2D eigenvalue weighted by molar-refractivity contribution is 4.95. The van der Waals surface area contributed by atoms with Gasteiger partial charge in [0.25, 0.3) is 0 Å². The van der Waals surface area contributed by atoms with Gasteiger partial charge in [0.2, 0.25) is 0 Å². The molecule has 0 unspecified atom stereocenters. The Kier molecular flexibility index (Phi) is 1.90. The summed E-state index contributed by atoms with van der Waals surface area (Å²) in [5.41, 5.74) is 11.4. The Labute approximate surface area is 68.3 Å². The van der Waals surface area contributed by atoms with Crippen molar-refractivity contribution in [1.82, 2.24) is 0 Å². The van der Waals surface area contributed by atoms with Crippen LogP contribution in [-0.4, -0.2) is 13.1 Å². The van der Waals surface area contributed by atoms with Crippen LogP contribution < -0.4 is 11.5 Å². The molecule has 64 valence electrons. The SMILES string of the molecule is NC[C@H]1CC2CC1[C@@H](CN)C2. The minimum atomic E-state index is 0.808. The largest absolute Gasteiger partial charge is 0.330 e. The molecule has 11 heavy (non-hydrogen) atoms. The van der Waals surface area contributed by atoms with Crippen molar-refractivity contribution in [3.63, 3.8) is 0 Å². The summed E-state index contributed by atoms with van der Waals surface area (Å²) in [5, 5.41) is 0. The molecule has 0 aromatic heterocycles. The fraction of sp³-hybridized carbons (Fsp3) is 1.00. The van der Waals surface area contributed by atoms with E-state index in [4.69, 9.17) is 11.5 Å². The lowest BCUT2D eigenvalue weighted by Crippen LogP contribution is -2.30. The number of rotatable bonds is 2. The van der Waals surface area contributed by atoms with Gasteiger partial charge in [0.05, 0.1) is 0 Å². The first-order valence-corrected chi connectivity index (χ1v) is 4.75. The van der Waals surface area contributed by atoms with Crippen molar-refractivity contribution >= 4 is 0 Å². The summed E-state index contributed by atoms with van der Waals surface area (Å²) >= 11 is 0. The van der Waals surface area contributed by atoms with Gasteiger partial charge in [0, 0.05) is 0 Å². The van der Waals surface area contributed by atoms with Crippen LogP contribution >= 0.6 is 0 Å². The zero-order valence-corrected chi connectivity index (χ0v) is 7.00. The second-order valence-corrected chi connectivity index (χ2v) is 4.23. The first-order valence-electron chi connectivity index (χ1n) is 4.75. The quantitative estimate of drug-likeness (QED) is 0.611. The predicted octanol–water partition coefficient (Wildman–Crippen LogP) is 0.566. The molecule has 2 aliphatic rings. The standard InChI is InChI=1S/C9H18N2/c10-4-7-1-6-2-8(5-11)9(7)3-6/h6-9H,1-5,10-11H2/t6?,7-,8-,9?/m1/s1. The normalized spacial score (nSPS) is 48.5. The average molecular weight is 154 g/mol. The van der Waals surface area contributed by atoms with Crippen molar-refractivity contribution < 1.29 is 0 Å². The molecule has 2 heteroatoms. The molecule has 0 radical (unpaired) electrons. The van der Waals surface area contributed by atoms with E-state index < -0.39 is 0 Å². The Balaban J connectivity index is 2.02. The van der Waals surface area contributed by atoms with Gasteiger partial charge < -0.3 is 11.5 Å². The first kappa shape index (κ1) is 7.56. The summed E-state index contributed by atoms with van der Waals surface area (Å²) in [7, 11) is 0. The molecular formula is C9H18N2. The third-order valence-electron chi connectivity index (χ3n) is 3.69. The Morgan fingerprint density at radius 2 is 1.45 bits per heavy atom. The zero-order valence-electron chi connectivity index (χ0n) is 7.00. The third kappa shape index (κ3) is 1.09. The fourth-order valence-corrected chi connectivity index (χ4v) is 3.19. The van der Waals surface area contributed by atoms with Crippen LogP contribution in [0.2, 0.25) is 0 Å². The molecule has 2 aliphatic carbocycles. The predicted molar refractivity (Wildman–Crippen MR) is 45.9 cm³/mol. The van der Waals surface area contributed by atoms with Gasteiger partial charge in [-0.3, -0.25) is 0 Å². The number of hydrogen-bond donors (Lipinski definition) is 2. The average Bonchev–Trinajstić information content (AvgIpc) is 2.60. The molecule has 0 spiro atoms. The highest BCUT2D eigenvalue weighted by Crippen LogP contribution is 2.50. The van der Waals surface area contributed by atoms with Gasteiger partial charge in [-0.05, 0) is 56.0 Å². The van der Waals surface area contributed by atoms with Gasteiger partial charge in [0.1, 0.15) is 0 Å². The minimum Gasteiger partial charge on any atom is -0.330 e. The summed E-state index contributed by atoms with van der Waals surface area (Å²) in [6.45, 7) is 1.77. The second-order valence-electron chi connectivity index (χ2n) is 4.23. The molecule has 2 atom stereocenters. The molecule has 2 fully saturated rings. The lowest BCUT2D eigenvalue weighted by Gasteiger charge is -2.27. The van der Waals surface area contributed by atoms with Crippen molar-refractivity contribution in [1.29, 1.82) is 0 Å². The zero-order chi connectivity index (χ0) is 7.84. The summed E-state index contributed by atoms with van der Waals surface area (Å²) in [5.74, 6) is 3.47. The van der Waals surface area contributed by atoms with Crippen molar-refractivity contribution in [3.8, 4) is 0 Å². The highest BCUT2D eigenvalue weighted by Gasteiger charge is 2.44. The molecule has 0 heterocycles. The topological polar surface area (TPSA) is 52.0 Å². The Morgan fingerprint density at radius 1 is 0.909 bits per heavy atom. The molecule has 2 bridgehead atoms. The maximum atomic E-state index is 5.70. The van der Waals surface area contributed by atoms with Gasteiger partial charge in [-0.1, -0.05) is 0 Å². The van der Waals surface area contributed by atoms with E-state index >= 15 is 0 Å². The fourth-order valence-electron chi connectivity index (χ4n) is 3.19. The lowest BCUT2D eigenvalue weighted by atomic mass is 9.81. The van der Waals surface area contributed by atoms with Gasteiger partial charge in [-0.15, -0.1) is 0 Å². The van der Waals surface area contributed by atoms with Crippen LogP contribution in [0.25, 0.3) is 0 Å². The van der Waals surface area contributed by atoms with Gasteiger partial charge in [-0.2, -0.15) is 0 Å². The lowest BCUT2D eigenvalue weighted by molar-refractivity contribution is 0.249. The van der Waals surface area contributed by atoms with E-state index in [0.717, 1.165) is 36.8 Å². The summed E-state index contributed by atoms with van der Waals surface area (Å²) in [6, 6.07) is 0. The van der Waals surface area contributed by atoms with Crippen LogP contribution in [0.4, 0.5) is 0 Å². The number of nitrogens with two attached hydrogens (primary N) is 2. The maximum Gasteiger partial charge on any atom is -0.00460 e. The Hall–Kier alpha value is -0.0800. The molecule has 4 N–H and O–H groups in total. The van der Waals surface area contributed by atoms with Crippen LogP contribution in [0, 0.1) is 23.7 Å². The van der Waals surface area contributed by atoms with Crippen molar-refractivity contribution in [3.05, 3.63) is 0 Å². The molecule has 0 aromatic rings. The second kappa shape index (κ2) is 2.76. The molecule has 0 amide bonds. The van der Waals surface area contributed by atoms with Gasteiger partial charge in [0.15, 0.2) is 0 Å². The monoisotopic (exact) mass is 154 g/mol. The van der Waals surface area contributed by atoms with Crippen molar-refractivity contribution in [2.75, 3.05) is 13.1 Å². The summed E-state index contributed by atoms with van der Waals surface area (Å²) < 4.78 is 0. The van der Waals surface area contributed by atoms with E-state index in [9.17, 15) is 0 Å². The smallest absolute Gasteiger partial charge is 0.00460 e. The van der Waals surface area contributed by atoms with Crippen molar-refractivity contribution in [2.45, 2.75) is 19.3 Å². The van der Waals surface area contributed by atoms with Crippen LogP contribution in [0.15, 0.2) is 0 Å². The van der Waals surface area contributed by atoms with Crippen molar-refractivity contribution in [2.24, 2.45) is 35.1 Å². The Bertz CT molecular complexity index is 132. The highest BCUT2D eigenvalue weighted by atomic mass is 14.7. The molecule has 2 nitrogen and oxygen atoms in total. The molecular weight excluding hydrogens is 136 g/mol. The molecule has 0 aromatic carbocycles. The van der Waals surface area contributed by atoms with Crippen LogP contribution in [0.5, 0.6) is 0 Å². The molecule has 2 rings (SSSR count). The minimum absolute atomic E-state index is 0.808. The molecule has 0 saturated heterocycles. The Morgan fingerprint density at radius 3 is 1.82 bits per heavy atom. The van der Waals surface area contributed by atoms with E-state index in [1.54, 1.807) is 0 Å². The molecule has 0 aliphatic heterocycles. The summed E-state index contributed by atoms with van der Waals surface area (Å²) in [4.78, 5) is 0. The first-order chi connectivity index (χ1) is 5.35. The van der Waals surface area contributed by atoms with E-state index in [-0.39, 0.29) is 0 Å². The maximum absolute atomic E-state index is 5.70. The number of fused-ring (bicyclic) bond motifs is 2. The van der Waals surface area contributed by atoms with Crippen LogP contribution in [0.1, 0.15) is 19.3 Å². The number of hydrogen-bond acceptors (Lipinski definition) is 2. The van der Waals surface area contributed by atoms with Gasteiger partial charge in [-0.25, -0.2) is 0 Å². The van der Waals surface area contributed by atoms with E-state index in [1.807, 2.05) is 0 Å². The summed E-state index contributed by atoms with van der Waals surface area (Å²) in [6.07, 6.45) is 4.19. The van der Waals surface area contributed by atoms with E-state index in [2.05, 4.69) is 0 Å². The van der Waals surface area contributed by atoms with Crippen LogP contribution in [0.3, 0.4) is 0 Å². The third-order valence-corrected chi connectivity index (χ3v) is 3.69. The molecule has 2 saturated carbocycles. The van der Waals surface area contributed by atoms with Gasteiger partial charge >= 0.3 is 0 Å². The van der Waals surface area contributed by atoms with E-state index in [0.29, 0.717) is 0 Å². The van der Waals surface area contributed by atoms with E-state index in [1.165, 1.54) is 19.3 Å².